The lowest BCUT2D eigenvalue weighted by Crippen LogP contribution is -2.17. The van der Waals surface area contributed by atoms with Gasteiger partial charge in [0, 0.05) is 22.5 Å². The second-order valence-corrected chi connectivity index (χ2v) is 6.56. The van der Waals surface area contributed by atoms with Crippen molar-refractivity contribution in [3.05, 3.63) is 28.7 Å². The monoisotopic (exact) mass is 291 g/mol. The minimum absolute atomic E-state index is 0.180. The summed E-state index contributed by atoms with van der Waals surface area (Å²) in [6.45, 7) is 2.12. The predicted molar refractivity (Wildman–Crippen MR) is 67.0 cm³/mol. The molecule has 15 heavy (non-hydrogen) atoms. The maximum absolute atomic E-state index is 11.2. The molecule has 0 aliphatic rings. The largest absolute Gasteiger partial charge is 0.384 e. The smallest absolute Gasteiger partial charge is 0.151 e. The zero-order valence-electron chi connectivity index (χ0n) is 8.53. The van der Waals surface area contributed by atoms with Crippen molar-refractivity contribution in [1.29, 1.82) is 0 Å². The first-order valence-corrected chi connectivity index (χ1v) is 7.35. The van der Waals surface area contributed by atoms with E-state index in [0.717, 1.165) is 10.2 Å². The van der Waals surface area contributed by atoms with Crippen molar-refractivity contribution in [2.45, 2.75) is 6.92 Å². The molecule has 0 saturated heterocycles. The van der Waals surface area contributed by atoms with Crippen molar-refractivity contribution in [2.24, 2.45) is 0 Å². The molecule has 0 heterocycles. The van der Waals surface area contributed by atoms with Crippen LogP contribution in [-0.2, 0) is 9.84 Å². The molecular weight excluding hydrogens is 278 g/mol. The Morgan fingerprint density at radius 2 is 1.87 bits per heavy atom. The molecule has 3 nitrogen and oxygen atoms in total. The van der Waals surface area contributed by atoms with E-state index in [1.807, 2.05) is 24.3 Å². The van der Waals surface area contributed by atoms with Gasteiger partial charge in [0.05, 0.1) is 5.75 Å². The molecule has 1 rings (SSSR count). The van der Waals surface area contributed by atoms with Gasteiger partial charge >= 0.3 is 0 Å². The highest BCUT2D eigenvalue weighted by molar-refractivity contribution is 9.10. The molecule has 5 heteroatoms. The van der Waals surface area contributed by atoms with E-state index in [1.54, 1.807) is 6.92 Å². The average molecular weight is 292 g/mol. The summed E-state index contributed by atoms with van der Waals surface area (Å²) in [7, 11) is -2.87. The van der Waals surface area contributed by atoms with Gasteiger partial charge in [-0.1, -0.05) is 22.9 Å². The third-order valence-corrected chi connectivity index (χ3v) is 4.26. The molecule has 1 N–H and O–H groups in total. The first-order chi connectivity index (χ1) is 7.03. The van der Waals surface area contributed by atoms with Crippen LogP contribution >= 0.6 is 15.9 Å². The van der Waals surface area contributed by atoms with E-state index in [-0.39, 0.29) is 11.5 Å². The molecule has 0 aliphatic carbocycles. The van der Waals surface area contributed by atoms with E-state index < -0.39 is 9.84 Å². The summed E-state index contributed by atoms with van der Waals surface area (Å²) in [4.78, 5) is 0. The summed E-state index contributed by atoms with van der Waals surface area (Å²) in [5.74, 6) is 0.384. The molecule has 0 spiro atoms. The van der Waals surface area contributed by atoms with Gasteiger partial charge in [-0.3, -0.25) is 0 Å². The molecule has 1 aromatic carbocycles. The lowest BCUT2D eigenvalue weighted by Gasteiger charge is -2.06. The van der Waals surface area contributed by atoms with Crippen molar-refractivity contribution >= 4 is 31.5 Å². The average Bonchev–Trinajstić information content (AvgIpc) is 2.21. The molecule has 0 fully saturated rings. The molecule has 0 saturated carbocycles. The number of benzene rings is 1. The van der Waals surface area contributed by atoms with Gasteiger partial charge in [-0.25, -0.2) is 8.42 Å². The molecule has 0 amide bonds. The van der Waals surface area contributed by atoms with Crippen LogP contribution in [-0.4, -0.2) is 26.5 Å². The van der Waals surface area contributed by atoms with Crippen LogP contribution in [0.15, 0.2) is 28.7 Å². The van der Waals surface area contributed by atoms with Crippen molar-refractivity contribution < 1.29 is 8.42 Å². The summed E-state index contributed by atoms with van der Waals surface area (Å²) in [6.07, 6.45) is 0. The predicted octanol–water partition coefficient (Wildman–Crippen LogP) is 2.30. The molecule has 0 radical (unpaired) electrons. The van der Waals surface area contributed by atoms with Gasteiger partial charge in [-0.05, 0) is 24.3 Å². The highest BCUT2D eigenvalue weighted by Crippen LogP contribution is 2.13. The fraction of sp³-hybridized carbons (Fsp3) is 0.400. The second kappa shape index (κ2) is 5.51. The zero-order chi connectivity index (χ0) is 11.3. The van der Waals surface area contributed by atoms with E-state index >= 15 is 0 Å². The highest BCUT2D eigenvalue weighted by Gasteiger charge is 2.05. The highest BCUT2D eigenvalue weighted by atomic mass is 79.9. The summed E-state index contributed by atoms with van der Waals surface area (Å²) in [5, 5.41) is 3.06. The molecular formula is C10H14BrNO2S. The van der Waals surface area contributed by atoms with Gasteiger partial charge in [0.2, 0.25) is 0 Å². The Hall–Kier alpha value is -0.550. The molecule has 0 unspecified atom stereocenters. The summed E-state index contributed by atoms with van der Waals surface area (Å²) < 4.78 is 23.4. The van der Waals surface area contributed by atoms with Crippen LogP contribution in [0.2, 0.25) is 0 Å². The van der Waals surface area contributed by atoms with Crippen LogP contribution in [0.1, 0.15) is 6.92 Å². The Labute approximate surface area is 98.9 Å². The fourth-order valence-electron chi connectivity index (χ4n) is 1.06. The molecule has 1 aromatic rings. The van der Waals surface area contributed by atoms with E-state index in [4.69, 9.17) is 0 Å². The first kappa shape index (κ1) is 12.5. The summed E-state index contributed by atoms with van der Waals surface area (Å²) in [5.41, 5.74) is 0.935. The third kappa shape index (κ3) is 4.66. The normalized spacial score (nSPS) is 11.3. The van der Waals surface area contributed by atoms with Crippen molar-refractivity contribution in [3.8, 4) is 0 Å². The Balaban J connectivity index is 2.42. The minimum atomic E-state index is -2.87. The zero-order valence-corrected chi connectivity index (χ0v) is 10.9. The SMILES string of the molecule is CCS(=O)(=O)CCNc1ccc(Br)cc1. The maximum Gasteiger partial charge on any atom is 0.151 e. The van der Waals surface area contributed by atoms with Crippen LogP contribution in [0.4, 0.5) is 5.69 Å². The lowest BCUT2D eigenvalue weighted by molar-refractivity contribution is 0.597. The number of anilines is 1. The van der Waals surface area contributed by atoms with Gasteiger partial charge < -0.3 is 5.32 Å². The van der Waals surface area contributed by atoms with Gasteiger partial charge in [0.15, 0.2) is 9.84 Å². The van der Waals surface area contributed by atoms with Crippen molar-refractivity contribution in [3.63, 3.8) is 0 Å². The maximum atomic E-state index is 11.2. The van der Waals surface area contributed by atoms with Crippen LogP contribution in [0, 0.1) is 0 Å². The van der Waals surface area contributed by atoms with Crippen LogP contribution in [0.5, 0.6) is 0 Å². The van der Waals surface area contributed by atoms with Crippen molar-refractivity contribution in [2.75, 3.05) is 23.4 Å². The van der Waals surface area contributed by atoms with Crippen LogP contribution < -0.4 is 5.32 Å². The third-order valence-electron chi connectivity index (χ3n) is 2.03. The lowest BCUT2D eigenvalue weighted by atomic mass is 10.3. The van der Waals surface area contributed by atoms with E-state index in [0.29, 0.717) is 6.54 Å². The Morgan fingerprint density at radius 3 is 2.40 bits per heavy atom. The van der Waals surface area contributed by atoms with Gasteiger partial charge in [-0.15, -0.1) is 0 Å². The topological polar surface area (TPSA) is 46.2 Å². The van der Waals surface area contributed by atoms with Crippen LogP contribution in [0.25, 0.3) is 0 Å². The Morgan fingerprint density at radius 1 is 1.27 bits per heavy atom. The van der Waals surface area contributed by atoms with Crippen LogP contribution in [0.3, 0.4) is 0 Å². The fourth-order valence-corrected chi connectivity index (χ4v) is 2.03. The van der Waals surface area contributed by atoms with Gasteiger partial charge in [0.1, 0.15) is 0 Å². The van der Waals surface area contributed by atoms with Crippen molar-refractivity contribution in [1.82, 2.24) is 0 Å². The summed E-state index contributed by atoms with van der Waals surface area (Å²) >= 11 is 3.33. The number of hydrogen-bond acceptors (Lipinski definition) is 3. The molecule has 0 aliphatic heterocycles. The minimum Gasteiger partial charge on any atom is -0.384 e. The quantitative estimate of drug-likeness (QED) is 0.905. The van der Waals surface area contributed by atoms with E-state index in [2.05, 4.69) is 21.2 Å². The number of sulfone groups is 1. The molecule has 0 aromatic heterocycles. The standard InChI is InChI=1S/C10H14BrNO2S/c1-2-15(13,14)8-7-12-10-5-3-9(11)4-6-10/h3-6,12H,2,7-8H2,1H3. The molecule has 84 valence electrons. The van der Waals surface area contributed by atoms with E-state index in [1.165, 1.54) is 0 Å². The van der Waals surface area contributed by atoms with Gasteiger partial charge in [-0.2, -0.15) is 0 Å². The molecule has 0 atom stereocenters. The first-order valence-electron chi connectivity index (χ1n) is 4.73. The Kier molecular flexibility index (Phi) is 4.60. The number of rotatable bonds is 5. The number of hydrogen-bond donors (Lipinski definition) is 1. The van der Waals surface area contributed by atoms with E-state index in [9.17, 15) is 8.42 Å². The molecule has 0 bridgehead atoms. The Bertz CT molecular complexity index is 400. The summed E-state index contributed by atoms with van der Waals surface area (Å²) in [6, 6.07) is 7.64. The number of halogens is 1. The number of nitrogens with one attached hydrogen (secondary N) is 1. The van der Waals surface area contributed by atoms with Gasteiger partial charge in [0.25, 0.3) is 0 Å². The second-order valence-electron chi connectivity index (χ2n) is 3.17.